The zero-order valence-corrected chi connectivity index (χ0v) is 12.3. The van der Waals surface area contributed by atoms with E-state index in [1.165, 1.54) is 4.90 Å². The van der Waals surface area contributed by atoms with Gasteiger partial charge in [0.05, 0.1) is 0 Å². The van der Waals surface area contributed by atoms with Gasteiger partial charge in [-0.3, -0.25) is 4.79 Å². The van der Waals surface area contributed by atoms with Crippen LogP contribution in [0.5, 0.6) is 0 Å². The van der Waals surface area contributed by atoms with E-state index in [1.54, 1.807) is 20.8 Å². The molecule has 1 atom stereocenters. The molecule has 0 spiro atoms. The number of imide groups is 1. The lowest BCUT2D eigenvalue weighted by atomic mass is 10.1. The predicted octanol–water partition coefficient (Wildman–Crippen LogP) is 2.86. The predicted molar refractivity (Wildman–Crippen MR) is 78.9 cm³/mol. The molecular formula is C16H18N2O3. The summed E-state index contributed by atoms with van der Waals surface area (Å²) in [4.78, 5) is 28.1. The third-order valence-corrected chi connectivity index (χ3v) is 3.44. The number of rotatable bonds is 2. The van der Waals surface area contributed by atoms with Crippen molar-refractivity contribution >= 4 is 22.9 Å². The molecule has 0 radical (unpaired) electrons. The number of ether oxygens (including phenoxy) is 1. The van der Waals surface area contributed by atoms with Gasteiger partial charge < -0.3 is 9.72 Å². The Morgan fingerprint density at radius 1 is 1.33 bits per heavy atom. The summed E-state index contributed by atoms with van der Waals surface area (Å²) in [6.07, 6.45) is 1.85. The Bertz CT molecular complexity index is 712. The molecule has 1 fully saturated rings. The van der Waals surface area contributed by atoms with Gasteiger partial charge in [0.25, 0.3) is 5.91 Å². The van der Waals surface area contributed by atoms with Crippen LogP contribution < -0.4 is 0 Å². The van der Waals surface area contributed by atoms with Gasteiger partial charge in [-0.2, -0.15) is 0 Å². The van der Waals surface area contributed by atoms with Gasteiger partial charge >= 0.3 is 6.09 Å². The van der Waals surface area contributed by atoms with Crippen LogP contribution in [-0.2, 0) is 16.0 Å². The van der Waals surface area contributed by atoms with E-state index in [2.05, 4.69) is 4.98 Å². The van der Waals surface area contributed by atoms with Gasteiger partial charge in [-0.25, -0.2) is 9.69 Å². The maximum Gasteiger partial charge on any atom is 0.417 e. The molecule has 0 bridgehead atoms. The normalized spacial score (nSPS) is 18.1. The number of amides is 2. The number of benzene rings is 1. The molecule has 0 saturated carbocycles. The number of aromatic nitrogens is 1. The minimum atomic E-state index is -0.592. The number of carbonyl (C=O) groups excluding carboxylic acids is 2. The highest BCUT2D eigenvalue weighted by molar-refractivity contribution is 6.10. The van der Waals surface area contributed by atoms with E-state index in [0.29, 0.717) is 6.42 Å². The van der Waals surface area contributed by atoms with Crippen molar-refractivity contribution in [1.82, 2.24) is 9.88 Å². The topological polar surface area (TPSA) is 62.2 Å². The summed E-state index contributed by atoms with van der Waals surface area (Å²) < 4.78 is 5.23. The van der Waals surface area contributed by atoms with Gasteiger partial charge in [-0.15, -0.1) is 0 Å². The summed E-state index contributed by atoms with van der Waals surface area (Å²) in [7, 11) is 0. The van der Waals surface area contributed by atoms with Crippen LogP contribution in [-0.4, -0.2) is 33.5 Å². The molecule has 5 nitrogen and oxygen atoms in total. The molecule has 2 aromatic rings. The number of H-pyrrole nitrogens is 1. The van der Waals surface area contributed by atoms with Crippen molar-refractivity contribution in [1.29, 1.82) is 0 Å². The van der Waals surface area contributed by atoms with E-state index in [9.17, 15) is 9.59 Å². The van der Waals surface area contributed by atoms with E-state index in [4.69, 9.17) is 4.74 Å². The Labute approximate surface area is 122 Å². The Balaban J connectivity index is 1.72. The minimum absolute atomic E-state index is 0.172. The van der Waals surface area contributed by atoms with E-state index in [1.807, 2.05) is 30.5 Å². The lowest BCUT2D eigenvalue weighted by Crippen LogP contribution is -2.28. The number of nitrogens with zero attached hydrogens (tertiary/aromatic N) is 1. The summed E-state index contributed by atoms with van der Waals surface area (Å²) in [5, 5.41) is 1.08. The number of hydrogen-bond donors (Lipinski definition) is 1. The zero-order valence-electron chi connectivity index (χ0n) is 12.3. The number of aromatic amines is 1. The van der Waals surface area contributed by atoms with E-state index in [-0.39, 0.29) is 5.91 Å². The van der Waals surface area contributed by atoms with Crippen molar-refractivity contribution in [2.24, 2.45) is 0 Å². The largest absolute Gasteiger partial charge is 0.443 e. The summed E-state index contributed by atoms with van der Waals surface area (Å²) in [6.45, 7) is 5.36. The van der Waals surface area contributed by atoms with E-state index < -0.39 is 17.7 Å². The van der Waals surface area contributed by atoms with Crippen LogP contribution in [0.1, 0.15) is 26.3 Å². The minimum Gasteiger partial charge on any atom is -0.443 e. The maximum atomic E-state index is 11.9. The second kappa shape index (κ2) is 4.62. The molecule has 2 heterocycles. The van der Waals surface area contributed by atoms with Gasteiger partial charge in [0.1, 0.15) is 11.6 Å². The van der Waals surface area contributed by atoms with Gasteiger partial charge in [-0.05, 0) is 32.4 Å². The monoisotopic (exact) mass is 286 g/mol. The molecule has 1 aliphatic heterocycles. The molecule has 2 amide bonds. The van der Waals surface area contributed by atoms with Gasteiger partial charge in [0.2, 0.25) is 0 Å². The lowest BCUT2D eigenvalue weighted by Gasteiger charge is -2.19. The Morgan fingerprint density at radius 2 is 2.05 bits per heavy atom. The quantitative estimate of drug-likeness (QED) is 0.863. The molecule has 1 aromatic carbocycles. The smallest absolute Gasteiger partial charge is 0.417 e. The van der Waals surface area contributed by atoms with Crippen LogP contribution >= 0.6 is 0 Å². The first-order valence-electron chi connectivity index (χ1n) is 6.98. The molecule has 1 N–H and O–H groups in total. The molecule has 1 unspecified atom stereocenters. The second-order valence-electron chi connectivity index (χ2n) is 6.27. The van der Waals surface area contributed by atoms with Crippen LogP contribution in [0.4, 0.5) is 4.79 Å². The summed E-state index contributed by atoms with van der Waals surface area (Å²) >= 11 is 0. The molecule has 0 aliphatic carbocycles. The second-order valence-corrected chi connectivity index (χ2v) is 6.27. The average molecular weight is 286 g/mol. The first-order chi connectivity index (χ1) is 9.87. The first-order valence-corrected chi connectivity index (χ1v) is 6.98. The maximum absolute atomic E-state index is 11.9. The molecule has 110 valence electrons. The summed E-state index contributed by atoms with van der Waals surface area (Å²) in [5.74, 6) is -0.172. The molecule has 5 heteroatoms. The van der Waals surface area contributed by atoms with Crippen molar-refractivity contribution in [2.75, 3.05) is 0 Å². The fraction of sp³-hybridized carbons (Fsp3) is 0.375. The average Bonchev–Trinajstić information content (AvgIpc) is 2.85. The third-order valence-electron chi connectivity index (χ3n) is 3.44. The van der Waals surface area contributed by atoms with Crippen molar-refractivity contribution in [3.05, 3.63) is 36.0 Å². The molecule has 1 aromatic heterocycles. The molecular weight excluding hydrogens is 268 g/mol. The fourth-order valence-corrected chi connectivity index (χ4v) is 2.43. The Morgan fingerprint density at radius 3 is 2.76 bits per heavy atom. The molecule has 21 heavy (non-hydrogen) atoms. The summed E-state index contributed by atoms with van der Waals surface area (Å²) in [5.41, 5.74) is 1.48. The first kappa shape index (κ1) is 13.7. The van der Waals surface area contributed by atoms with Crippen LogP contribution in [0.15, 0.2) is 30.5 Å². The fourth-order valence-electron chi connectivity index (χ4n) is 2.43. The molecule has 1 aliphatic rings. The highest BCUT2D eigenvalue weighted by atomic mass is 16.6. The van der Waals surface area contributed by atoms with Crippen molar-refractivity contribution in [3.8, 4) is 0 Å². The van der Waals surface area contributed by atoms with Crippen LogP contribution in [0.2, 0.25) is 0 Å². The van der Waals surface area contributed by atoms with Crippen LogP contribution in [0.25, 0.3) is 10.9 Å². The van der Waals surface area contributed by atoms with Crippen molar-refractivity contribution < 1.29 is 14.3 Å². The molecule has 3 rings (SSSR count). The van der Waals surface area contributed by atoms with Crippen LogP contribution in [0, 0.1) is 0 Å². The number of nitrogens with one attached hydrogen (secondary N) is 1. The van der Waals surface area contributed by atoms with Crippen molar-refractivity contribution in [2.45, 2.75) is 38.8 Å². The number of hydrogen-bond acceptors (Lipinski definition) is 3. The standard InChI is InChI=1S/C16H18N2O3/c1-16(2,3)21-15(20)18-13(14(18)19)8-10-9-17-12-7-5-4-6-11(10)12/h4-7,9,13,17H,8H2,1-3H3. The zero-order chi connectivity index (χ0) is 15.2. The number of carbonyl (C=O) groups is 2. The Hall–Kier alpha value is -2.30. The van der Waals surface area contributed by atoms with Crippen molar-refractivity contribution in [3.63, 3.8) is 0 Å². The summed E-state index contributed by atoms with van der Waals surface area (Å²) in [6, 6.07) is 7.50. The van der Waals surface area contributed by atoms with Gasteiger partial charge in [0, 0.05) is 23.5 Å². The molecule has 1 saturated heterocycles. The Kier molecular flexibility index (Phi) is 3.01. The van der Waals surface area contributed by atoms with Gasteiger partial charge in [-0.1, -0.05) is 18.2 Å². The van der Waals surface area contributed by atoms with Gasteiger partial charge in [0.15, 0.2) is 0 Å². The number of para-hydroxylation sites is 1. The third kappa shape index (κ3) is 2.63. The highest BCUT2D eigenvalue weighted by Crippen LogP contribution is 2.29. The van der Waals surface area contributed by atoms with E-state index >= 15 is 0 Å². The lowest BCUT2D eigenvalue weighted by molar-refractivity contribution is -0.113. The van der Waals surface area contributed by atoms with E-state index in [0.717, 1.165) is 16.5 Å². The van der Waals surface area contributed by atoms with Crippen LogP contribution in [0.3, 0.4) is 0 Å². The SMILES string of the molecule is CC(C)(C)OC(=O)N1C(=O)C1Cc1c[nH]c2ccccc12. The highest BCUT2D eigenvalue weighted by Gasteiger charge is 2.52. The number of fused-ring (bicyclic) bond motifs is 1.